The van der Waals surface area contributed by atoms with E-state index in [1.54, 1.807) is 32.7 Å². The van der Waals surface area contributed by atoms with Gasteiger partial charge in [-0.3, -0.25) is 9.59 Å². The molecule has 3 heterocycles. The molecule has 2 aromatic rings. The van der Waals surface area contributed by atoms with Gasteiger partial charge in [-0.15, -0.1) is 11.3 Å². The summed E-state index contributed by atoms with van der Waals surface area (Å²) in [5, 5.41) is 1.97. The Labute approximate surface area is 198 Å². The zero-order chi connectivity index (χ0) is 23.6. The van der Waals surface area contributed by atoms with Crippen molar-refractivity contribution in [2.24, 2.45) is 5.92 Å². The number of thiazole rings is 1. The lowest BCUT2D eigenvalue weighted by Gasteiger charge is -2.40. The van der Waals surface area contributed by atoms with Crippen molar-refractivity contribution in [2.75, 3.05) is 47.3 Å². The zero-order valence-corrected chi connectivity index (χ0v) is 20.2. The van der Waals surface area contributed by atoms with Crippen molar-refractivity contribution in [3.05, 3.63) is 51.7 Å². The molecule has 1 spiro atoms. The van der Waals surface area contributed by atoms with Gasteiger partial charge in [0.2, 0.25) is 11.8 Å². The molecule has 0 saturated carbocycles. The molecule has 1 unspecified atom stereocenters. The highest BCUT2D eigenvalue weighted by Gasteiger charge is 2.43. The van der Waals surface area contributed by atoms with Crippen LogP contribution < -0.4 is 0 Å². The van der Waals surface area contributed by atoms with Crippen LogP contribution in [0, 0.1) is 11.7 Å². The predicted octanol–water partition coefficient (Wildman–Crippen LogP) is 2.51. The van der Waals surface area contributed by atoms with Crippen molar-refractivity contribution in [1.29, 1.82) is 0 Å². The van der Waals surface area contributed by atoms with Crippen LogP contribution in [-0.4, -0.2) is 78.8 Å². The van der Waals surface area contributed by atoms with E-state index >= 15 is 0 Å². The van der Waals surface area contributed by atoms with Crippen LogP contribution in [0.3, 0.4) is 0 Å². The van der Waals surface area contributed by atoms with Gasteiger partial charge in [0.1, 0.15) is 5.82 Å². The fourth-order valence-corrected chi connectivity index (χ4v) is 5.34. The molecule has 2 amide bonds. The standard InChI is InChI=1S/C24H31FN4O3S/c1-27(2)22(30)13-28(3)23(31)18(10-20-15-33-16-26-20)12-29-8-6-24(7-9-29)21-11-19(25)5-4-17(21)14-32-24/h4-5,11,15-16,18H,6-10,12-14H2,1-3H3. The molecular weight excluding hydrogens is 443 g/mol. The Kier molecular flexibility index (Phi) is 7.11. The third-order valence-corrected chi connectivity index (χ3v) is 7.38. The van der Waals surface area contributed by atoms with Gasteiger partial charge >= 0.3 is 0 Å². The zero-order valence-electron chi connectivity index (χ0n) is 19.4. The summed E-state index contributed by atoms with van der Waals surface area (Å²) in [6.07, 6.45) is 2.06. The molecule has 7 nitrogen and oxygen atoms in total. The highest BCUT2D eigenvalue weighted by Crippen LogP contribution is 2.44. The topological polar surface area (TPSA) is 66.0 Å². The molecule has 0 aliphatic carbocycles. The fraction of sp³-hybridized carbons (Fsp3) is 0.542. The number of carbonyl (C=O) groups is 2. The summed E-state index contributed by atoms with van der Waals surface area (Å²) in [6, 6.07) is 4.92. The predicted molar refractivity (Wildman–Crippen MR) is 124 cm³/mol. The Morgan fingerprint density at radius 1 is 1.27 bits per heavy atom. The molecule has 1 aromatic heterocycles. The Morgan fingerprint density at radius 3 is 2.70 bits per heavy atom. The second kappa shape index (κ2) is 9.87. The van der Waals surface area contributed by atoms with E-state index < -0.39 is 5.60 Å². The summed E-state index contributed by atoms with van der Waals surface area (Å²) in [5.74, 6) is -0.689. The Hall–Kier alpha value is -2.36. The van der Waals surface area contributed by atoms with E-state index in [4.69, 9.17) is 4.74 Å². The quantitative estimate of drug-likeness (QED) is 0.617. The molecule has 1 saturated heterocycles. The van der Waals surface area contributed by atoms with E-state index in [-0.39, 0.29) is 30.1 Å². The number of likely N-dealkylation sites (N-methyl/N-ethyl adjacent to an activating group) is 2. The van der Waals surface area contributed by atoms with Gasteiger partial charge in [0, 0.05) is 52.6 Å². The van der Waals surface area contributed by atoms with Crippen molar-refractivity contribution in [3.8, 4) is 0 Å². The smallest absolute Gasteiger partial charge is 0.241 e. The van der Waals surface area contributed by atoms with Gasteiger partial charge in [0.15, 0.2) is 0 Å². The third kappa shape index (κ3) is 5.26. The highest BCUT2D eigenvalue weighted by molar-refractivity contribution is 7.07. The Morgan fingerprint density at radius 2 is 2.03 bits per heavy atom. The molecule has 0 radical (unpaired) electrons. The van der Waals surface area contributed by atoms with E-state index in [9.17, 15) is 14.0 Å². The van der Waals surface area contributed by atoms with Crippen LogP contribution in [0.1, 0.15) is 29.7 Å². The summed E-state index contributed by atoms with van der Waals surface area (Å²) in [6.45, 7) is 2.68. The first-order valence-corrected chi connectivity index (χ1v) is 12.2. The van der Waals surface area contributed by atoms with Crippen LogP contribution in [0.25, 0.3) is 0 Å². The van der Waals surface area contributed by atoms with Crippen molar-refractivity contribution in [1.82, 2.24) is 19.7 Å². The molecule has 0 N–H and O–H groups in total. The van der Waals surface area contributed by atoms with E-state index in [1.807, 2.05) is 11.4 Å². The van der Waals surface area contributed by atoms with Gasteiger partial charge in [-0.05, 0) is 36.1 Å². The first-order valence-electron chi connectivity index (χ1n) is 11.2. The van der Waals surface area contributed by atoms with Gasteiger partial charge in [-0.2, -0.15) is 0 Å². The molecule has 1 fully saturated rings. The summed E-state index contributed by atoms with van der Waals surface area (Å²) < 4.78 is 20.1. The fourth-order valence-electron chi connectivity index (χ4n) is 4.77. The Bertz CT molecular complexity index is 990. The number of nitrogens with zero attached hydrogens (tertiary/aromatic N) is 4. The minimum absolute atomic E-state index is 0.0528. The van der Waals surface area contributed by atoms with Crippen LogP contribution in [0.5, 0.6) is 0 Å². The van der Waals surface area contributed by atoms with Gasteiger partial charge in [-0.25, -0.2) is 9.37 Å². The minimum Gasteiger partial charge on any atom is -0.365 e. The number of fused-ring (bicyclic) bond motifs is 2. The van der Waals surface area contributed by atoms with Crippen LogP contribution in [0.15, 0.2) is 29.1 Å². The van der Waals surface area contributed by atoms with Crippen LogP contribution in [-0.2, 0) is 33.0 Å². The number of amides is 2. The lowest BCUT2D eigenvalue weighted by Crippen LogP contribution is -2.48. The van der Waals surface area contributed by atoms with E-state index in [2.05, 4.69) is 9.88 Å². The number of hydrogen-bond donors (Lipinski definition) is 0. The van der Waals surface area contributed by atoms with Gasteiger partial charge in [0.05, 0.1) is 35.9 Å². The number of likely N-dealkylation sites (tertiary alicyclic amines) is 1. The van der Waals surface area contributed by atoms with Crippen molar-refractivity contribution in [3.63, 3.8) is 0 Å². The molecule has 33 heavy (non-hydrogen) atoms. The third-order valence-electron chi connectivity index (χ3n) is 6.74. The number of aromatic nitrogens is 1. The van der Waals surface area contributed by atoms with Crippen molar-refractivity contribution >= 4 is 23.2 Å². The number of benzene rings is 1. The maximum absolute atomic E-state index is 13.9. The molecule has 2 aliphatic rings. The lowest BCUT2D eigenvalue weighted by atomic mass is 9.83. The van der Waals surface area contributed by atoms with E-state index in [1.165, 1.54) is 27.2 Å². The van der Waals surface area contributed by atoms with E-state index in [0.29, 0.717) is 19.6 Å². The highest BCUT2D eigenvalue weighted by atomic mass is 32.1. The number of hydrogen-bond acceptors (Lipinski definition) is 6. The molecule has 9 heteroatoms. The van der Waals surface area contributed by atoms with Gasteiger partial charge in [0.25, 0.3) is 0 Å². The average Bonchev–Trinajstić information content (AvgIpc) is 3.43. The SMILES string of the molecule is CN(C)C(=O)CN(C)C(=O)C(Cc1cscn1)CN1CCC2(CC1)OCc1ccc(F)cc12. The molecule has 4 rings (SSSR count). The minimum atomic E-state index is -0.433. The van der Waals surface area contributed by atoms with Crippen LogP contribution >= 0.6 is 11.3 Å². The summed E-state index contributed by atoms with van der Waals surface area (Å²) >= 11 is 1.51. The first kappa shape index (κ1) is 23.8. The van der Waals surface area contributed by atoms with Crippen LogP contribution in [0.2, 0.25) is 0 Å². The van der Waals surface area contributed by atoms with Crippen molar-refractivity contribution < 1.29 is 18.7 Å². The molecule has 2 aliphatic heterocycles. The van der Waals surface area contributed by atoms with Crippen molar-refractivity contribution in [2.45, 2.75) is 31.5 Å². The number of ether oxygens (including phenoxy) is 1. The largest absolute Gasteiger partial charge is 0.365 e. The summed E-state index contributed by atoms with van der Waals surface area (Å²) in [4.78, 5) is 35.1. The molecule has 0 bridgehead atoms. The number of halogens is 1. The first-order chi connectivity index (χ1) is 15.8. The molecule has 1 aromatic carbocycles. The number of piperidine rings is 1. The maximum Gasteiger partial charge on any atom is 0.241 e. The van der Waals surface area contributed by atoms with Crippen LogP contribution in [0.4, 0.5) is 4.39 Å². The Balaban J connectivity index is 1.43. The lowest BCUT2D eigenvalue weighted by molar-refractivity contribution is -0.141. The number of rotatable bonds is 7. The molecule has 1 atom stereocenters. The van der Waals surface area contributed by atoms with Gasteiger partial charge in [-0.1, -0.05) is 6.07 Å². The summed E-state index contributed by atoms with van der Waals surface area (Å²) in [5.41, 5.74) is 4.27. The number of carbonyl (C=O) groups excluding carboxylic acids is 2. The van der Waals surface area contributed by atoms with E-state index in [0.717, 1.165) is 42.8 Å². The van der Waals surface area contributed by atoms with Gasteiger partial charge < -0.3 is 19.4 Å². The maximum atomic E-state index is 13.9. The molecule has 178 valence electrons. The summed E-state index contributed by atoms with van der Waals surface area (Å²) in [7, 11) is 5.05. The second-order valence-electron chi connectivity index (χ2n) is 9.25. The average molecular weight is 475 g/mol. The molecular formula is C24H31FN4O3S. The normalized spacial score (nSPS) is 18.2. The monoisotopic (exact) mass is 474 g/mol. The second-order valence-corrected chi connectivity index (χ2v) is 9.97.